The van der Waals surface area contributed by atoms with E-state index in [1.165, 1.54) is 0 Å². The van der Waals surface area contributed by atoms with Crippen LogP contribution in [0.25, 0.3) is 0 Å². The van der Waals surface area contributed by atoms with Crippen LogP contribution >= 0.6 is 0 Å². The van der Waals surface area contributed by atoms with Crippen molar-refractivity contribution in [3.05, 3.63) is 0 Å². The van der Waals surface area contributed by atoms with Crippen LogP contribution < -0.4 is 0 Å². The number of hydrogen-bond donors (Lipinski definition) is 0. The molecule has 2 rings (SSSR count). The third-order valence-corrected chi connectivity index (χ3v) is 5.15. The van der Waals surface area contributed by atoms with Crippen LogP contribution in [-0.2, 0) is 19.1 Å². The van der Waals surface area contributed by atoms with Crippen LogP contribution in [-0.4, -0.2) is 25.2 Å². The Bertz CT molecular complexity index is 331. The van der Waals surface area contributed by atoms with Gasteiger partial charge >= 0.3 is 11.9 Å². The molecule has 4 heteroatoms. The Morgan fingerprint density at radius 3 is 1.58 bits per heavy atom. The van der Waals surface area contributed by atoms with Gasteiger partial charge in [0.05, 0.1) is 25.0 Å². The molecule has 0 aromatic carbocycles. The van der Waals surface area contributed by atoms with Crippen LogP contribution in [0, 0.1) is 35.5 Å². The molecule has 0 heterocycles. The van der Waals surface area contributed by atoms with Crippen molar-refractivity contribution in [1.29, 1.82) is 0 Å². The summed E-state index contributed by atoms with van der Waals surface area (Å²) < 4.78 is 10.3. The summed E-state index contributed by atoms with van der Waals surface area (Å²) in [6.45, 7) is 8.71. The number of ether oxygens (including phenoxy) is 2. The quantitative estimate of drug-likeness (QED) is 0.734. The van der Waals surface area contributed by atoms with E-state index in [2.05, 4.69) is 13.8 Å². The Morgan fingerprint density at radius 1 is 0.895 bits per heavy atom. The third kappa shape index (κ3) is 2.26. The second-order valence-corrected chi connectivity index (χ2v) is 5.84. The summed E-state index contributed by atoms with van der Waals surface area (Å²) in [5, 5.41) is 0. The normalized spacial score (nSPS) is 40.2. The van der Waals surface area contributed by atoms with Crippen molar-refractivity contribution in [2.75, 3.05) is 13.2 Å². The number of rotatable bonds is 4. The van der Waals surface area contributed by atoms with Crippen molar-refractivity contribution in [3.63, 3.8) is 0 Å². The fourth-order valence-corrected chi connectivity index (χ4v) is 4.12. The average Bonchev–Trinajstić information content (AvgIpc) is 2.88. The van der Waals surface area contributed by atoms with Gasteiger partial charge in [-0.05, 0) is 43.9 Å². The Morgan fingerprint density at radius 2 is 1.26 bits per heavy atom. The summed E-state index contributed by atoms with van der Waals surface area (Å²) in [6, 6.07) is 0. The number of fused-ring (bicyclic) bond motifs is 2. The summed E-state index contributed by atoms with van der Waals surface area (Å²) in [4.78, 5) is 24.4. The lowest BCUT2D eigenvalue weighted by molar-refractivity contribution is -0.165. The van der Waals surface area contributed by atoms with E-state index in [0.717, 1.165) is 6.42 Å². The van der Waals surface area contributed by atoms with Gasteiger partial charge in [-0.1, -0.05) is 13.8 Å². The molecule has 4 nitrogen and oxygen atoms in total. The zero-order valence-electron chi connectivity index (χ0n) is 12.2. The van der Waals surface area contributed by atoms with E-state index in [1.807, 2.05) is 0 Å². The maximum Gasteiger partial charge on any atom is 0.310 e. The standard InChI is InChI=1S/C15H24O4/c1-5-18-14(16)12-10-7-11(9(4)8(10)3)13(12)15(17)19-6-2/h8-13H,5-7H2,1-4H3. The van der Waals surface area contributed by atoms with Gasteiger partial charge in [-0.2, -0.15) is 0 Å². The zero-order chi connectivity index (χ0) is 14.2. The summed E-state index contributed by atoms with van der Waals surface area (Å²) in [5.41, 5.74) is 0. The maximum atomic E-state index is 12.2. The van der Waals surface area contributed by atoms with Crippen LogP contribution in [0.4, 0.5) is 0 Å². The highest BCUT2D eigenvalue weighted by molar-refractivity contribution is 5.84. The SMILES string of the molecule is CCOC(=O)C1C2CC(C(C)C2C)C1C(=O)OCC. The fourth-order valence-electron chi connectivity index (χ4n) is 4.12. The van der Waals surface area contributed by atoms with E-state index in [9.17, 15) is 9.59 Å². The summed E-state index contributed by atoms with van der Waals surface area (Å²) in [6.07, 6.45) is 0.954. The first-order valence-electron chi connectivity index (χ1n) is 7.36. The van der Waals surface area contributed by atoms with E-state index in [4.69, 9.17) is 9.47 Å². The lowest BCUT2D eigenvalue weighted by atomic mass is 9.69. The predicted octanol–water partition coefficient (Wildman–Crippen LogP) is 2.27. The molecule has 2 aliphatic carbocycles. The van der Waals surface area contributed by atoms with Crippen LogP contribution in [0.1, 0.15) is 34.1 Å². The fraction of sp³-hybridized carbons (Fsp3) is 0.867. The van der Waals surface area contributed by atoms with Crippen molar-refractivity contribution < 1.29 is 19.1 Å². The molecule has 6 unspecified atom stereocenters. The van der Waals surface area contributed by atoms with Gasteiger partial charge in [0.25, 0.3) is 0 Å². The Labute approximate surface area is 114 Å². The molecule has 0 saturated heterocycles. The minimum Gasteiger partial charge on any atom is -0.466 e. The topological polar surface area (TPSA) is 52.6 Å². The molecule has 2 bridgehead atoms. The minimum absolute atomic E-state index is 0.216. The molecule has 2 saturated carbocycles. The number of esters is 2. The molecule has 0 aliphatic heterocycles. The molecule has 0 amide bonds. The van der Waals surface area contributed by atoms with Crippen molar-refractivity contribution in [2.24, 2.45) is 35.5 Å². The minimum atomic E-state index is -0.296. The van der Waals surface area contributed by atoms with E-state index in [0.29, 0.717) is 25.0 Å². The van der Waals surface area contributed by atoms with Crippen LogP contribution in [0.3, 0.4) is 0 Å². The van der Waals surface area contributed by atoms with Crippen molar-refractivity contribution >= 4 is 11.9 Å². The Hall–Kier alpha value is -1.06. The Kier molecular flexibility index (Phi) is 4.16. The molecule has 2 aliphatic rings. The summed E-state index contributed by atoms with van der Waals surface area (Å²) >= 11 is 0. The van der Waals surface area contributed by atoms with Crippen LogP contribution in [0.5, 0.6) is 0 Å². The molecule has 108 valence electrons. The molecule has 0 spiro atoms. The smallest absolute Gasteiger partial charge is 0.310 e. The van der Waals surface area contributed by atoms with E-state index >= 15 is 0 Å². The number of carbonyl (C=O) groups is 2. The van der Waals surface area contributed by atoms with Gasteiger partial charge < -0.3 is 9.47 Å². The molecule has 6 atom stereocenters. The van der Waals surface area contributed by atoms with Crippen molar-refractivity contribution in [3.8, 4) is 0 Å². The second kappa shape index (κ2) is 5.51. The van der Waals surface area contributed by atoms with E-state index in [1.54, 1.807) is 13.8 Å². The molecule has 2 fully saturated rings. The molecule has 0 N–H and O–H groups in total. The molecule has 0 radical (unpaired) electrons. The van der Waals surface area contributed by atoms with Gasteiger partial charge in [0.1, 0.15) is 0 Å². The van der Waals surface area contributed by atoms with Gasteiger partial charge in [0, 0.05) is 0 Å². The third-order valence-electron chi connectivity index (χ3n) is 5.15. The van der Waals surface area contributed by atoms with Gasteiger partial charge in [-0.25, -0.2) is 0 Å². The highest BCUT2D eigenvalue weighted by Gasteiger charge is 2.60. The Balaban J connectivity index is 2.22. The van der Waals surface area contributed by atoms with Crippen molar-refractivity contribution in [1.82, 2.24) is 0 Å². The first-order chi connectivity index (χ1) is 9.02. The summed E-state index contributed by atoms with van der Waals surface area (Å²) in [7, 11) is 0. The lowest BCUT2D eigenvalue weighted by Crippen LogP contribution is -2.42. The molecular weight excluding hydrogens is 244 g/mol. The molecular formula is C15H24O4. The number of hydrogen-bond acceptors (Lipinski definition) is 4. The second-order valence-electron chi connectivity index (χ2n) is 5.84. The molecule has 19 heavy (non-hydrogen) atoms. The van der Waals surface area contributed by atoms with Crippen LogP contribution in [0.15, 0.2) is 0 Å². The van der Waals surface area contributed by atoms with Gasteiger partial charge in [0.2, 0.25) is 0 Å². The zero-order valence-corrected chi connectivity index (χ0v) is 12.2. The summed E-state index contributed by atoms with van der Waals surface area (Å²) in [5.74, 6) is 0.473. The van der Waals surface area contributed by atoms with Crippen LogP contribution in [0.2, 0.25) is 0 Å². The highest BCUT2D eigenvalue weighted by atomic mass is 16.5. The van der Waals surface area contributed by atoms with Gasteiger partial charge in [-0.15, -0.1) is 0 Å². The number of carbonyl (C=O) groups excluding carboxylic acids is 2. The molecule has 0 aromatic heterocycles. The maximum absolute atomic E-state index is 12.2. The lowest BCUT2D eigenvalue weighted by Gasteiger charge is -2.35. The first kappa shape index (κ1) is 14.4. The van der Waals surface area contributed by atoms with Gasteiger partial charge in [0.15, 0.2) is 0 Å². The monoisotopic (exact) mass is 268 g/mol. The predicted molar refractivity (Wildman–Crippen MR) is 70.2 cm³/mol. The van der Waals surface area contributed by atoms with E-state index in [-0.39, 0.29) is 35.6 Å². The van der Waals surface area contributed by atoms with E-state index < -0.39 is 0 Å². The van der Waals surface area contributed by atoms with Crippen molar-refractivity contribution in [2.45, 2.75) is 34.1 Å². The largest absolute Gasteiger partial charge is 0.466 e. The average molecular weight is 268 g/mol. The highest BCUT2D eigenvalue weighted by Crippen LogP contribution is 2.58. The molecule has 0 aromatic rings. The first-order valence-corrected chi connectivity index (χ1v) is 7.36. The van der Waals surface area contributed by atoms with Gasteiger partial charge in [-0.3, -0.25) is 9.59 Å².